The van der Waals surface area contributed by atoms with Crippen LogP contribution in [0.3, 0.4) is 0 Å². The zero-order valence-electron chi connectivity index (χ0n) is 34.9. The van der Waals surface area contributed by atoms with E-state index in [9.17, 15) is 0 Å². The number of hydrogen-bond acceptors (Lipinski definition) is 4. The van der Waals surface area contributed by atoms with Gasteiger partial charge in [-0.15, -0.1) is 11.3 Å². The molecule has 10 aromatic carbocycles. The largest absolute Gasteiger partial charge is 0.456 e. The second-order valence-electron chi connectivity index (χ2n) is 16.8. The lowest BCUT2D eigenvalue weighted by atomic mass is 9.98. The maximum absolute atomic E-state index is 6.99. The number of aromatic nitrogens is 1. The molecule has 0 unspecified atom stereocenters. The van der Waals surface area contributed by atoms with Crippen molar-refractivity contribution in [3.63, 3.8) is 0 Å². The van der Waals surface area contributed by atoms with Crippen molar-refractivity contribution in [2.75, 3.05) is 4.90 Å². The zero-order valence-corrected chi connectivity index (χ0v) is 35.7. The Balaban J connectivity index is 0.988. The van der Waals surface area contributed by atoms with Crippen LogP contribution in [-0.2, 0) is 0 Å². The molecule has 0 spiro atoms. The molecule has 5 heteroatoms. The van der Waals surface area contributed by atoms with Crippen LogP contribution in [0.15, 0.2) is 227 Å². The lowest BCUT2D eigenvalue weighted by Crippen LogP contribution is -2.10. The van der Waals surface area contributed by atoms with E-state index in [-0.39, 0.29) is 0 Å². The molecule has 4 nitrogen and oxygen atoms in total. The second-order valence-corrected chi connectivity index (χ2v) is 17.9. The van der Waals surface area contributed by atoms with Gasteiger partial charge in [-0.1, -0.05) is 121 Å². The first-order valence-corrected chi connectivity index (χ1v) is 22.8. The Bertz CT molecular complexity index is 4170. The fourth-order valence-corrected chi connectivity index (χ4v) is 11.3. The van der Waals surface area contributed by atoms with E-state index in [1.165, 1.54) is 47.5 Å². The molecular formula is C60H36N2O2S. The van der Waals surface area contributed by atoms with Crippen LogP contribution < -0.4 is 4.90 Å². The maximum Gasteiger partial charge on any atom is 0.145 e. The molecule has 0 radical (unpaired) electrons. The number of fused-ring (bicyclic) bond motifs is 12. The summed E-state index contributed by atoms with van der Waals surface area (Å²) in [6.45, 7) is 0. The van der Waals surface area contributed by atoms with E-state index in [2.05, 4.69) is 216 Å². The topological polar surface area (TPSA) is 34.5 Å². The Hall–Kier alpha value is -8.38. The van der Waals surface area contributed by atoms with Crippen molar-refractivity contribution < 1.29 is 8.83 Å². The molecule has 0 bridgehead atoms. The van der Waals surface area contributed by atoms with Crippen LogP contribution >= 0.6 is 11.3 Å². The maximum atomic E-state index is 6.99. The van der Waals surface area contributed by atoms with Gasteiger partial charge in [0.25, 0.3) is 0 Å². The molecule has 14 aromatic rings. The van der Waals surface area contributed by atoms with Gasteiger partial charge in [-0.2, -0.15) is 0 Å². The second kappa shape index (κ2) is 14.1. The van der Waals surface area contributed by atoms with Crippen molar-refractivity contribution in [3.8, 4) is 27.9 Å². The van der Waals surface area contributed by atoms with E-state index in [1.54, 1.807) is 0 Å². The minimum atomic E-state index is 0.837. The van der Waals surface area contributed by atoms with Gasteiger partial charge in [-0.3, -0.25) is 0 Å². The summed E-state index contributed by atoms with van der Waals surface area (Å²) in [6.07, 6.45) is 0. The summed E-state index contributed by atoms with van der Waals surface area (Å²) in [5.74, 6) is 0. The van der Waals surface area contributed by atoms with Crippen molar-refractivity contribution >= 4 is 114 Å². The lowest BCUT2D eigenvalue weighted by molar-refractivity contribution is 0.669. The zero-order chi connectivity index (χ0) is 42.6. The van der Waals surface area contributed by atoms with Gasteiger partial charge in [0, 0.05) is 75.8 Å². The quantitative estimate of drug-likeness (QED) is 0.167. The Morgan fingerprint density at radius 3 is 1.83 bits per heavy atom. The van der Waals surface area contributed by atoms with Gasteiger partial charge >= 0.3 is 0 Å². The summed E-state index contributed by atoms with van der Waals surface area (Å²) < 4.78 is 18.5. The average Bonchev–Trinajstić information content (AvgIpc) is 4.13. The van der Waals surface area contributed by atoms with Crippen molar-refractivity contribution in [2.45, 2.75) is 0 Å². The van der Waals surface area contributed by atoms with Gasteiger partial charge in [0.15, 0.2) is 0 Å². The van der Waals surface area contributed by atoms with Gasteiger partial charge in [0.2, 0.25) is 0 Å². The Kier molecular flexibility index (Phi) is 7.82. The summed E-state index contributed by atoms with van der Waals surface area (Å²) in [5.41, 5.74) is 14.3. The molecule has 4 heterocycles. The first-order valence-electron chi connectivity index (χ1n) is 22.0. The van der Waals surface area contributed by atoms with Crippen molar-refractivity contribution in [3.05, 3.63) is 218 Å². The Morgan fingerprint density at radius 1 is 0.369 bits per heavy atom. The van der Waals surface area contributed by atoms with Crippen molar-refractivity contribution in [1.82, 2.24) is 4.57 Å². The molecule has 0 aliphatic rings. The fourth-order valence-electron chi connectivity index (χ4n) is 10.2. The predicted molar refractivity (Wildman–Crippen MR) is 274 cm³/mol. The van der Waals surface area contributed by atoms with Crippen LogP contribution in [-0.4, -0.2) is 4.57 Å². The summed E-state index contributed by atoms with van der Waals surface area (Å²) >= 11 is 1.85. The van der Waals surface area contributed by atoms with Gasteiger partial charge in [0.1, 0.15) is 22.3 Å². The third kappa shape index (κ3) is 5.56. The van der Waals surface area contributed by atoms with E-state index < -0.39 is 0 Å². The molecule has 4 aromatic heterocycles. The molecule has 14 rings (SSSR count). The van der Waals surface area contributed by atoms with E-state index in [0.29, 0.717) is 0 Å². The highest BCUT2D eigenvalue weighted by molar-refractivity contribution is 7.25. The Labute approximate surface area is 377 Å². The number of nitrogens with zero attached hydrogens (tertiary/aromatic N) is 2. The van der Waals surface area contributed by atoms with Crippen LogP contribution in [0, 0.1) is 0 Å². The molecule has 0 atom stereocenters. The van der Waals surface area contributed by atoms with Gasteiger partial charge in [0.05, 0.1) is 22.1 Å². The van der Waals surface area contributed by atoms with Crippen LogP contribution in [0.4, 0.5) is 17.1 Å². The molecule has 304 valence electrons. The monoisotopic (exact) mass is 848 g/mol. The standard InChI is InChI=1S/C60H36N2O2S/c1-6-22-51-44(17-1)45-18-2-7-23-52(45)62(51)41-16-12-14-39(34-41)43-30-31-53(59-49-21-4-9-25-55(49)64-60(43)59)61(42-28-29-47-46-19-3-8-24-54(46)63-56(47)36-42)40-15-11-13-37(33-40)38-27-32-58-50(35-38)48-20-5-10-26-57(48)65-58/h1-36H. The SMILES string of the molecule is c1cc(-c2ccc3sc4ccccc4c3c2)cc(N(c2ccc3c(c2)oc2ccccc23)c2ccc(-c3cccc(-n4c5ccccc5c5ccccc54)c3)c3oc4ccccc4c23)c1. The Morgan fingerprint density at radius 2 is 1.00 bits per heavy atom. The minimum absolute atomic E-state index is 0.837. The number of para-hydroxylation sites is 4. The summed E-state index contributed by atoms with van der Waals surface area (Å²) in [6, 6.07) is 78.5. The van der Waals surface area contributed by atoms with Crippen LogP contribution in [0.25, 0.3) is 114 Å². The predicted octanol–water partition coefficient (Wildman–Crippen LogP) is 17.8. The number of rotatable bonds is 6. The molecule has 0 N–H and O–H groups in total. The molecular weight excluding hydrogens is 813 g/mol. The number of anilines is 3. The highest BCUT2D eigenvalue weighted by Gasteiger charge is 2.24. The lowest BCUT2D eigenvalue weighted by Gasteiger charge is -2.27. The van der Waals surface area contributed by atoms with E-state index in [1.807, 2.05) is 23.5 Å². The smallest absolute Gasteiger partial charge is 0.145 e. The average molecular weight is 849 g/mol. The molecule has 65 heavy (non-hydrogen) atoms. The van der Waals surface area contributed by atoms with Gasteiger partial charge < -0.3 is 18.3 Å². The van der Waals surface area contributed by atoms with E-state index >= 15 is 0 Å². The summed E-state index contributed by atoms with van der Waals surface area (Å²) in [4.78, 5) is 2.37. The van der Waals surface area contributed by atoms with Crippen LogP contribution in [0.5, 0.6) is 0 Å². The third-order valence-corrected chi connectivity index (χ3v) is 14.3. The first kappa shape index (κ1) is 36.1. The highest BCUT2D eigenvalue weighted by atomic mass is 32.1. The molecule has 0 aliphatic carbocycles. The highest BCUT2D eigenvalue weighted by Crippen LogP contribution is 2.48. The normalized spacial score (nSPS) is 12.0. The third-order valence-electron chi connectivity index (χ3n) is 13.2. The van der Waals surface area contributed by atoms with E-state index in [4.69, 9.17) is 8.83 Å². The van der Waals surface area contributed by atoms with Crippen LogP contribution in [0.2, 0.25) is 0 Å². The fraction of sp³-hybridized carbons (Fsp3) is 0. The summed E-state index contributed by atoms with van der Waals surface area (Å²) in [5, 5.41) is 9.35. The number of hydrogen-bond donors (Lipinski definition) is 0. The molecule has 0 fully saturated rings. The number of furan rings is 2. The van der Waals surface area contributed by atoms with Crippen molar-refractivity contribution in [1.29, 1.82) is 0 Å². The van der Waals surface area contributed by atoms with Crippen molar-refractivity contribution in [2.24, 2.45) is 0 Å². The number of thiophene rings is 1. The first-order chi connectivity index (χ1) is 32.2. The molecule has 0 amide bonds. The van der Waals surface area contributed by atoms with E-state index in [0.717, 1.165) is 83.3 Å². The summed E-state index contributed by atoms with van der Waals surface area (Å²) in [7, 11) is 0. The minimum Gasteiger partial charge on any atom is -0.456 e. The number of benzene rings is 10. The van der Waals surface area contributed by atoms with Gasteiger partial charge in [-0.25, -0.2) is 0 Å². The van der Waals surface area contributed by atoms with Gasteiger partial charge in [-0.05, 0) is 108 Å². The molecule has 0 saturated carbocycles. The molecule has 0 aliphatic heterocycles. The molecule has 0 saturated heterocycles. The van der Waals surface area contributed by atoms with Crippen LogP contribution in [0.1, 0.15) is 0 Å².